The Kier molecular flexibility index (Phi) is 6.96. The molecule has 0 fully saturated rings. The monoisotopic (exact) mass is 330 g/mol. The molecule has 1 aromatic carbocycles. The number of rotatable bonds is 9. The van der Waals surface area contributed by atoms with Gasteiger partial charge in [-0.15, -0.1) is 0 Å². The molecule has 0 heterocycles. The second-order valence-corrected chi connectivity index (χ2v) is 7.83. The van der Waals surface area contributed by atoms with Crippen LogP contribution in [0.5, 0.6) is 0 Å². The molecule has 0 spiro atoms. The number of hydrogen-bond acceptors (Lipinski definition) is 4. The summed E-state index contributed by atoms with van der Waals surface area (Å²) in [4.78, 5) is 13.0. The van der Waals surface area contributed by atoms with E-state index in [1.807, 2.05) is 18.7 Å². The lowest BCUT2D eigenvalue weighted by molar-refractivity contribution is -0.119. The smallest absolute Gasteiger partial charge is 0.231 e. The number of carbonyl (C=O) groups is 1. The van der Waals surface area contributed by atoms with Gasteiger partial charge in [-0.2, -0.15) is 0 Å². The Hall–Kier alpha value is -1.47. The van der Waals surface area contributed by atoms with E-state index in [1.54, 1.807) is 0 Å². The Morgan fingerprint density at radius 1 is 1.27 bits per heavy atom. The van der Waals surface area contributed by atoms with E-state index < -0.39 is 21.6 Å². The lowest BCUT2D eigenvalue weighted by Crippen LogP contribution is -2.37. The van der Waals surface area contributed by atoms with E-state index in [-0.39, 0.29) is 17.2 Å². The summed E-state index contributed by atoms with van der Waals surface area (Å²) >= 11 is 0. The predicted octanol–water partition coefficient (Wildman–Crippen LogP) is 1.43. The van der Waals surface area contributed by atoms with Gasteiger partial charge in [-0.1, -0.05) is 13.8 Å². The average Bonchev–Trinajstić information content (AvgIpc) is 2.37. The van der Waals surface area contributed by atoms with Crippen LogP contribution in [0.2, 0.25) is 0 Å². The number of primary amides is 1. The van der Waals surface area contributed by atoms with Crippen molar-refractivity contribution in [3.63, 3.8) is 0 Å². The van der Waals surface area contributed by atoms with E-state index in [9.17, 15) is 17.6 Å². The first-order valence-corrected chi connectivity index (χ1v) is 8.85. The minimum absolute atomic E-state index is 0.0496. The molecule has 0 aliphatic heterocycles. The van der Waals surface area contributed by atoms with Gasteiger partial charge in [-0.25, -0.2) is 12.8 Å². The van der Waals surface area contributed by atoms with E-state index in [2.05, 4.69) is 0 Å². The molecule has 1 aromatic rings. The molecule has 124 valence electrons. The molecule has 0 atom stereocenters. The second-order valence-electron chi connectivity index (χ2n) is 5.72. The summed E-state index contributed by atoms with van der Waals surface area (Å²) in [5.41, 5.74) is 5.20. The van der Waals surface area contributed by atoms with Crippen molar-refractivity contribution in [3.05, 3.63) is 30.1 Å². The van der Waals surface area contributed by atoms with Crippen LogP contribution in [-0.4, -0.2) is 44.6 Å². The Balaban J connectivity index is 2.59. The number of nitrogens with zero attached hydrogens (tertiary/aromatic N) is 1. The normalized spacial score (nSPS) is 12.0. The lowest BCUT2D eigenvalue weighted by atomic mass is 10.2. The van der Waals surface area contributed by atoms with Gasteiger partial charge in [0.2, 0.25) is 5.91 Å². The molecular weight excluding hydrogens is 307 g/mol. The SMILES string of the molecule is CC(C)CN(CCCS(=O)(=O)c1ccc(F)cc1)CC(N)=O. The van der Waals surface area contributed by atoms with E-state index >= 15 is 0 Å². The van der Waals surface area contributed by atoms with E-state index in [0.717, 1.165) is 12.1 Å². The van der Waals surface area contributed by atoms with E-state index in [1.165, 1.54) is 12.1 Å². The molecule has 7 heteroatoms. The number of carbonyl (C=O) groups excluding carboxylic acids is 1. The molecule has 5 nitrogen and oxygen atoms in total. The van der Waals surface area contributed by atoms with Crippen LogP contribution in [0, 0.1) is 11.7 Å². The van der Waals surface area contributed by atoms with E-state index in [4.69, 9.17) is 5.73 Å². The highest BCUT2D eigenvalue weighted by atomic mass is 32.2. The number of sulfone groups is 1. The van der Waals surface area contributed by atoms with Gasteiger partial charge in [0, 0.05) is 6.54 Å². The number of nitrogens with two attached hydrogens (primary N) is 1. The van der Waals surface area contributed by atoms with Crippen LogP contribution in [0.1, 0.15) is 20.3 Å². The van der Waals surface area contributed by atoms with Gasteiger partial charge in [0.05, 0.1) is 17.2 Å². The molecule has 2 N–H and O–H groups in total. The van der Waals surface area contributed by atoms with Crippen molar-refractivity contribution in [2.24, 2.45) is 11.7 Å². The van der Waals surface area contributed by atoms with Crippen molar-refractivity contribution in [2.75, 3.05) is 25.4 Å². The zero-order valence-electron chi connectivity index (χ0n) is 13.0. The highest BCUT2D eigenvalue weighted by Crippen LogP contribution is 2.13. The van der Waals surface area contributed by atoms with Gasteiger partial charge < -0.3 is 5.73 Å². The van der Waals surface area contributed by atoms with Gasteiger partial charge in [0.15, 0.2) is 9.84 Å². The van der Waals surface area contributed by atoms with E-state index in [0.29, 0.717) is 25.4 Å². The first-order chi connectivity index (χ1) is 10.2. The average molecular weight is 330 g/mol. The van der Waals surface area contributed by atoms with Crippen molar-refractivity contribution in [1.29, 1.82) is 0 Å². The third-order valence-corrected chi connectivity index (χ3v) is 4.88. The number of halogens is 1. The second kappa shape index (κ2) is 8.24. The first-order valence-electron chi connectivity index (χ1n) is 7.19. The van der Waals surface area contributed by atoms with Gasteiger partial charge in [-0.3, -0.25) is 9.69 Å². The summed E-state index contributed by atoms with van der Waals surface area (Å²) in [6.45, 7) is 5.31. The minimum Gasteiger partial charge on any atom is -0.369 e. The number of hydrogen-bond donors (Lipinski definition) is 1. The van der Waals surface area contributed by atoms with Crippen LogP contribution < -0.4 is 5.73 Å². The highest BCUT2D eigenvalue weighted by molar-refractivity contribution is 7.91. The quantitative estimate of drug-likeness (QED) is 0.695. The fraction of sp³-hybridized carbons (Fsp3) is 0.533. The Bertz CT molecular complexity index is 585. The third kappa shape index (κ3) is 6.53. The van der Waals surface area contributed by atoms with Crippen molar-refractivity contribution in [3.8, 4) is 0 Å². The molecule has 22 heavy (non-hydrogen) atoms. The summed E-state index contributed by atoms with van der Waals surface area (Å²) < 4.78 is 37.1. The molecule has 0 aromatic heterocycles. The molecule has 0 saturated heterocycles. The predicted molar refractivity (Wildman–Crippen MR) is 83.5 cm³/mol. The fourth-order valence-corrected chi connectivity index (χ4v) is 3.51. The van der Waals surface area contributed by atoms with Crippen LogP contribution in [0.15, 0.2) is 29.2 Å². The van der Waals surface area contributed by atoms with Gasteiger partial charge >= 0.3 is 0 Å². The molecule has 0 unspecified atom stereocenters. The third-order valence-electron chi connectivity index (χ3n) is 3.06. The fourth-order valence-electron chi connectivity index (χ4n) is 2.21. The number of amides is 1. The Labute approximate surface area is 131 Å². The zero-order valence-corrected chi connectivity index (χ0v) is 13.8. The molecule has 0 aliphatic rings. The molecule has 0 bridgehead atoms. The summed E-state index contributed by atoms with van der Waals surface area (Å²) in [5.74, 6) is -0.593. The maximum atomic E-state index is 12.8. The summed E-state index contributed by atoms with van der Waals surface area (Å²) in [6, 6.07) is 4.79. The van der Waals surface area contributed by atoms with Gasteiger partial charge in [0.1, 0.15) is 5.82 Å². The van der Waals surface area contributed by atoms with Crippen LogP contribution in [0.4, 0.5) is 4.39 Å². The summed E-state index contributed by atoms with van der Waals surface area (Å²) in [7, 11) is -3.44. The maximum absolute atomic E-state index is 12.8. The van der Waals surface area contributed by atoms with Crippen molar-refractivity contribution in [1.82, 2.24) is 4.90 Å². The van der Waals surface area contributed by atoms with Crippen LogP contribution in [0.25, 0.3) is 0 Å². The van der Waals surface area contributed by atoms with Crippen molar-refractivity contribution < 1.29 is 17.6 Å². The zero-order chi connectivity index (χ0) is 16.8. The van der Waals surface area contributed by atoms with Gasteiger partial charge in [-0.05, 0) is 43.1 Å². The molecule has 0 saturated carbocycles. The summed E-state index contributed by atoms with van der Waals surface area (Å²) in [6.07, 6.45) is 0.389. The number of benzene rings is 1. The summed E-state index contributed by atoms with van der Waals surface area (Å²) in [5, 5.41) is 0. The molecule has 0 aliphatic carbocycles. The highest BCUT2D eigenvalue weighted by Gasteiger charge is 2.16. The topological polar surface area (TPSA) is 80.5 Å². The standard InChI is InChI=1S/C15H23FN2O3S/c1-12(2)10-18(11-15(17)19)8-3-9-22(20,21)14-6-4-13(16)5-7-14/h4-7,12H,3,8-11H2,1-2H3,(H2,17,19). The Morgan fingerprint density at radius 2 is 1.86 bits per heavy atom. The van der Waals surface area contributed by atoms with Crippen LogP contribution in [0.3, 0.4) is 0 Å². The molecular formula is C15H23FN2O3S. The Morgan fingerprint density at radius 3 is 2.36 bits per heavy atom. The molecule has 1 amide bonds. The molecule has 1 rings (SSSR count). The first kappa shape index (κ1) is 18.6. The van der Waals surface area contributed by atoms with Crippen LogP contribution in [-0.2, 0) is 14.6 Å². The maximum Gasteiger partial charge on any atom is 0.231 e. The minimum atomic E-state index is -3.44. The van der Waals surface area contributed by atoms with Crippen molar-refractivity contribution in [2.45, 2.75) is 25.2 Å². The van der Waals surface area contributed by atoms with Crippen molar-refractivity contribution >= 4 is 15.7 Å². The largest absolute Gasteiger partial charge is 0.369 e. The molecule has 0 radical (unpaired) electrons. The lowest BCUT2D eigenvalue weighted by Gasteiger charge is -2.22. The van der Waals surface area contributed by atoms with Gasteiger partial charge in [0.25, 0.3) is 0 Å². The van der Waals surface area contributed by atoms with Crippen LogP contribution >= 0.6 is 0 Å².